The van der Waals surface area contributed by atoms with Gasteiger partial charge in [-0.1, -0.05) is 18.2 Å². The molecule has 0 aromatic heterocycles. The fourth-order valence-electron chi connectivity index (χ4n) is 2.86. The van der Waals surface area contributed by atoms with Gasteiger partial charge in [-0.05, 0) is 58.8 Å². The summed E-state index contributed by atoms with van der Waals surface area (Å²) in [5.41, 5.74) is 1.72. The highest BCUT2D eigenvalue weighted by Gasteiger charge is 2.14. The fraction of sp³-hybridized carbons (Fsp3) is 0.174. The van der Waals surface area contributed by atoms with Crippen LogP contribution >= 0.6 is 0 Å². The predicted molar refractivity (Wildman–Crippen MR) is 108 cm³/mol. The van der Waals surface area contributed by atoms with Crippen LogP contribution in [0.15, 0.2) is 60.7 Å². The topological polar surface area (TPSA) is 79.6 Å². The third-order valence-electron chi connectivity index (χ3n) is 4.53. The van der Waals surface area contributed by atoms with Gasteiger partial charge in [0.05, 0.1) is 24.3 Å². The van der Waals surface area contributed by atoms with Crippen LogP contribution in [0.4, 0.5) is 0 Å². The molecule has 0 aliphatic carbocycles. The monoisotopic (exact) mass is 388 g/mol. The Bertz CT molecular complexity index is 1080. The first-order valence-electron chi connectivity index (χ1n) is 8.98. The normalized spacial score (nSPS) is 10.2. The number of hydrogen-bond donors (Lipinski definition) is 0. The number of likely N-dealkylation sites (N-methyl/N-ethyl adjacent to an activating group) is 1. The summed E-state index contributed by atoms with van der Waals surface area (Å²) in [4.78, 5) is 25.9. The van der Waals surface area contributed by atoms with Crippen molar-refractivity contribution in [3.8, 4) is 11.8 Å². The minimum Gasteiger partial charge on any atom is -0.497 e. The zero-order chi connectivity index (χ0) is 20.8. The molecule has 6 heteroatoms. The van der Waals surface area contributed by atoms with Gasteiger partial charge in [0.2, 0.25) is 0 Å². The average molecular weight is 388 g/mol. The van der Waals surface area contributed by atoms with Gasteiger partial charge in [-0.15, -0.1) is 0 Å². The van der Waals surface area contributed by atoms with Crippen molar-refractivity contribution in [3.63, 3.8) is 0 Å². The molecule has 6 nitrogen and oxygen atoms in total. The molecule has 0 spiro atoms. The number of amides is 1. The van der Waals surface area contributed by atoms with Crippen molar-refractivity contribution in [2.75, 3.05) is 20.8 Å². The molecule has 0 aliphatic rings. The second-order valence-electron chi connectivity index (χ2n) is 6.56. The number of hydrogen-bond acceptors (Lipinski definition) is 5. The van der Waals surface area contributed by atoms with Crippen LogP contribution in [-0.4, -0.2) is 37.5 Å². The van der Waals surface area contributed by atoms with Gasteiger partial charge in [0.25, 0.3) is 5.91 Å². The van der Waals surface area contributed by atoms with Gasteiger partial charge in [-0.3, -0.25) is 4.79 Å². The molecule has 0 saturated carbocycles. The molecule has 3 aromatic carbocycles. The minimum atomic E-state index is -0.601. The molecule has 1 amide bonds. The Kier molecular flexibility index (Phi) is 6.10. The second-order valence-corrected chi connectivity index (χ2v) is 6.56. The summed E-state index contributed by atoms with van der Waals surface area (Å²) in [6.07, 6.45) is 0. The maximum atomic E-state index is 12.3. The number of carbonyl (C=O) groups is 2. The number of benzene rings is 3. The van der Waals surface area contributed by atoms with Crippen LogP contribution in [0.2, 0.25) is 0 Å². The van der Waals surface area contributed by atoms with Gasteiger partial charge < -0.3 is 14.4 Å². The zero-order valence-corrected chi connectivity index (χ0v) is 16.2. The van der Waals surface area contributed by atoms with E-state index >= 15 is 0 Å². The molecule has 0 bridgehead atoms. The zero-order valence-electron chi connectivity index (χ0n) is 16.2. The summed E-state index contributed by atoms with van der Waals surface area (Å²) in [5, 5.41) is 10.9. The van der Waals surface area contributed by atoms with Crippen molar-refractivity contribution >= 4 is 22.6 Å². The number of carbonyl (C=O) groups excluding carboxylic acids is 2. The fourth-order valence-corrected chi connectivity index (χ4v) is 2.86. The Morgan fingerprint density at radius 3 is 2.38 bits per heavy atom. The summed E-state index contributed by atoms with van der Waals surface area (Å²) in [6.45, 7) is 0.0509. The van der Waals surface area contributed by atoms with E-state index in [0.29, 0.717) is 17.7 Å². The molecule has 0 N–H and O–H groups in total. The molecule has 0 fully saturated rings. The molecule has 29 heavy (non-hydrogen) atoms. The van der Waals surface area contributed by atoms with E-state index in [2.05, 4.69) is 0 Å². The number of esters is 1. The van der Waals surface area contributed by atoms with Gasteiger partial charge >= 0.3 is 5.97 Å². The van der Waals surface area contributed by atoms with E-state index in [1.54, 1.807) is 14.2 Å². The van der Waals surface area contributed by atoms with Crippen LogP contribution in [0.1, 0.15) is 21.5 Å². The lowest BCUT2D eigenvalue weighted by atomic mass is 10.1. The van der Waals surface area contributed by atoms with E-state index in [9.17, 15) is 9.59 Å². The highest BCUT2D eigenvalue weighted by Crippen LogP contribution is 2.22. The molecular formula is C23H20N2O4. The summed E-state index contributed by atoms with van der Waals surface area (Å²) in [6, 6.07) is 19.8. The Morgan fingerprint density at radius 1 is 1.00 bits per heavy atom. The average Bonchev–Trinajstić information content (AvgIpc) is 2.76. The van der Waals surface area contributed by atoms with Gasteiger partial charge in [0.1, 0.15) is 5.75 Å². The highest BCUT2D eigenvalue weighted by atomic mass is 16.5. The SMILES string of the molecule is COc1ccc2cc(CN(C)C(=O)COC(=O)c3ccc(C#N)cc3)ccc2c1. The molecule has 0 heterocycles. The van der Waals surface area contributed by atoms with E-state index in [1.807, 2.05) is 42.5 Å². The lowest BCUT2D eigenvalue weighted by molar-refractivity contribution is -0.133. The Hall–Kier alpha value is -3.85. The predicted octanol–water partition coefficient (Wildman–Crippen LogP) is 3.54. The molecule has 0 aliphatic heterocycles. The number of ether oxygens (including phenoxy) is 2. The molecule has 146 valence electrons. The first-order valence-corrected chi connectivity index (χ1v) is 8.98. The number of fused-ring (bicyclic) bond motifs is 1. The van der Waals surface area contributed by atoms with Gasteiger partial charge in [-0.25, -0.2) is 4.79 Å². The molecule has 0 radical (unpaired) electrons. The van der Waals surface area contributed by atoms with Crippen LogP contribution in [0, 0.1) is 11.3 Å². The van der Waals surface area contributed by atoms with Gasteiger partial charge in [0.15, 0.2) is 6.61 Å². The van der Waals surface area contributed by atoms with Crippen molar-refractivity contribution in [3.05, 3.63) is 77.4 Å². The first kappa shape index (κ1) is 19.9. The third-order valence-corrected chi connectivity index (χ3v) is 4.53. The number of methoxy groups -OCH3 is 1. The van der Waals surface area contributed by atoms with Crippen LogP contribution in [0.3, 0.4) is 0 Å². The first-order chi connectivity index (χ1) is 14.0. The molecular weight excluding hydrogens is 368 g/mol. The molecule has 3 rings (SSSR count). The van der Waals surface area contributed by atoms with Crippen molar-refractivity contribution in [2.24, 2.45) is 0 Å². The Morgan fingerprint density at radius 2 is 1.69 bits per heavy atom. The highest BCUT2D eigenvalue weighted by molar-refractivity contribution is 5.91. The number of nitriles is 1. The van der Waals surface area contributed by atoms with Gasteiger partial charge in [0, 0.05) is 13.6 Å². The van der Waals surface area contributed by atoms with Crippen LogP contribution < -0.4 is 4.74 Å². The maximum absolute atomic E-state index is 12.3. The summed E-state index contributed by atoms with van der Waals surface area (Å²) >= 11 is 0. The van der Waals surface area contributed by atoms with Gasteiger partial charge in [-0.2, -0.15) is 5.26 Å². The third kappa shape index (κ3) is 4.90. The largest absolute Gasteiger partial charge is 0.497 e. The Labute approximate surface area is 168 Å². The van der Waals surface area contributed by atoms with Crippen molar-refractivity contribution in [1.82, 2.24) is 4.90 Å². The lowest BCUT2D eigenvalue weighted by Crippen LogP contribution is -2.30. The standard InChI is InChI=1S/C23H20N2O4/c1-25(14-17-5-8-20-12-21(28-2)10-9-19(20)11-17)22(26)15-29-23(27)18-6-3-16(13-24)4-7-18/h3-12H,14-15H2,1-2H3. The van der Waals surface area contributed by atoms with E-state index < -0.39 is 5.97 Å². The van der Waals surface area contributed by atoms with Crippen molar-refractivity contribution < 1.29 is 19.1 Å². The molecule has 3 aromatic rings. The van der Waals surface area contributed by atoms with Crippen LogP contribution in [0.25, 0.3) is 10.8 Å². The van der Waals surface area contributed by atoms with E-state index in [4.69, 9.17) is 14.7 Å². The van der Waals surface area contributed by atoms with Crippen molar-refractivity contribution in [2.45, 2.75) is 6.54 Å². The minimum absolute atomic E-state index is 0.296. The summed E-state index contributed by atoms with van der Waals surface area (Å²) in [7, 11) is 3.29. The Balaban J connectivity index is 1.57. The molecule has 0 saturated heterocycles. The van der Waals surface area contributed by atoms with E-state index in [1.165, 1.54) is 29.2 Å². The van der Waals surface area contributed by atoms with Crippen LogP contribution in [-0.2, 0) is 16.1 Å². The maximum Gasteiger partial charge on any atom is 0.338 e. The second kappa shape index (κ2) is 8.89. The summed E-state index contributed by atoms with van der Waals surface area (Å²) in [5.74, 6) is -0.112. The van der Waals surface area contributed by atoms with E-state index in [-0.39, 0.29) is 12.5 Å². The smallest absolute Gasteiger partial charge is 0.338 e. The quantitative estimate of drug-likeness (QED) is 0.604. The number of nitrogens with zero attached hydrogens (tertiary/aromatic N) is 2. The molecule has 0 atom stereocenters. The lowest BCUT2D eigenvalue weighted by Gasteiger charge is -2.17. The van der Waals surface area contributed by atoms with Crippen molar-refractivity contribution in [1.29, 1.82) is 5.26 Å². The number of rotatable bonds is 6. The van der Waals surface area contributed by atoms with Crippen LogP contribution in [0.5, 0.6) is 5.75 Å². The van der Waals surface area contributed by atoms with E-state index in [0.717, 1.165) is 22.1 Å². The summed E-state index contributed by atoms with van der Waals surface area (Å²) < 4.78 is 10.3. The molecule has 0 unspecified atom stereocenters.